The summed E-state index contributed by atoms with van der Waals surface area (Å²) in [5.74, 6) is 0.0450. The van der Waals surface area contributed by atoms with Gasteiger partial charge in [0, 0.05) is 23.5 Å². The molecule has 1 saturated heterocycles. The van der Waals surface area contributed by atoms with Crippen LogP contribution in [0.25, 0.3) is 0 Å². The van der Waals surface area contributed by atoms with Crippen molar-refractivity contribution >= 4 is 29.9 Å². The molecule has 134 valence electrons. The fourth-order valence-electron chi connectivity index (χ4n) is 3.71. The van der Waals surface area contributed by atoms with Crippen LogP contribution in [0.3, 0.4) is 0 Å². The van der Waals surface area contributed by atoms with Crippen LogP contribution in [0.4, 0.5) is 0 Å². The highest BCUT2D eigenvalue weighted by Gasteiger charge is 2.35. The lowest BCUT2D eigenvalue weighted by Crippen LogP contribution is -2.53. The van der Waals surface area contributed by atoms with Crippen molar-refractivity contribution in [2.45, 2.75) is 43.6 Å². The summed E-state index contributed by atoms with van der Waals surface area (Å²) in [5.41, 5.74) is 1.32. The van der Waals surface area contributed by atoms with Gasteiger partial charge in [-0.2, -0.15) is 0 Å². The topological polar surface area (TPSA) is 50.4 Å². The Morgan fingerprint density at radius 3 is 2.58 bits per heavy atom. The van der Waals surface area contributed by atoms with Crippen LogP contribution in [0, 0.1) is 0 Å². The third-order valence-electron chi connectivity index (χ3n) is 5.11. The number of nitrogens with one attached hydrogen (secondary N) is 2. The van der Waals surface area contributed by atoms with Crippen LogP contribution in [-0.4, -0.2) is 38.3 Å². The van der Waals surface area contributed by atoms with E-state index in [9.17, 15) is 4.79 Å². The summed E-state index contributed by atoms with van der Waals surface area (Å²) < 4.78 is 5.38. The molecule has 2 aliphatic rings. The summed E-state index contributed by atoms with van der Waals surface area (Å²) in [5, 5.41) is 7.13. The van der Waals surface area contributed by atoms with E-state index < -0.39 is 0 Å². The monoisotopic (exact) mass is 372 g/mol. The van der Waals surface area contributed by atoms with Gasteiger partial charge in [0.15, 0.2) is 0 Å². The fraction of sp³-hybridized carbons (Fsp3) is 0.611. The summed E-state index contributed by atoms with van der Waals surface area (Å²) in [6.45, 7) is 2.56. The van der Waals surface area contributed by atoms with Gasteiger partial charge in [-0.1, -0.05) is 43.0 Å². The van der Waals surface area contributed by atoms with Crippen molar-refractivity contribution in [2.24, 2.45) is 0 Å². The van der Waals surface area contributed by atoms with Gasteiger partial charge in [-0.25, -0.2) is 0 Å². The molecule has 3 rings (SSSR count). The first-order valence-corrected chi connectivity index (χ1v) is 8.92. The number of rotatable bonds is 4. The minimum absolute atomic E-state index is 0. The average Bonchev–Trinajstić information content (AvgIpc) is 2.62. The summed E-state index contributed by atoms with van der Waals surface area (Å²) in [4.78, 5) is 12.4. The maximum absolute atomic E-state index is 12.4. The number of hydrogen-bond acceptors (Lipinski definition) is 3. The van der Waals surface area contributed by atoms with Crippen molar-refractivity contribution in [3.63, 3.8) is 0 Å². The Labute approximate surface area is 155 Å². The zero-order valence-electron chi connectivity index (χ0n) is 13.9. The van der Waals surface area contributed by atoms with Crippen molar-refractivity contribution in [3.8, 4) is 0 Å². The van der Waals surface area contributed by atoms with Crippen molar-refractivity contribution in [1.82, 2.24) is 10.6 Å². The molecule has 0 bridgehead atoms. The van der Waals surface area contributed by atoms with Gasteiger partial charge >= 0.3 is 0 Å². The van der Waals surface area contributed by atoms with E-state index in [0.717, 1.165) is 24.4 Å². The fourth-order valence-corrected chi connectivity index (χ4v) is 3.84. The van der Waals surface area contributed by atoms with Crippen molar-refractivity contribution in [3.05, 3.63) is 34.9 Å². The third-order valence-corrected chi connectivity index (χ3v) is 5.36. The normalized spacial score (nSPS) is 23.1. The second kappa shape index (κ2) is 9.04. The number of carbonyl (C=O) groups is 1. The predicted molar refractivity (Wildman–Crippen MR) is 99.1 cm³/mol. The van der Waals surface area contributed by atoms with Crippen molar-refractivity contribution in [2.75, 3.05) is 26.3 Å². The lowest BCUT2D eigenvalue weighted by molar-refractivity contribution is -0.126. The molecule has 2 N–H and O–H groups in total. The highest BCUT2D eigenvalue weighted by Crippen LogP contribution is 2.39. The molecule has 4 nitrogen and oxygen atoms in total. The molecule has 2 fully saturated rings. The summed E-state index contributed by atoms with van der Waals surface area (Å²) in [7, 11) is 0. The number of carbonyl (C=O) groups excluding carboxylic acids is 1. The van der Waals surface area contributed by atoms with Crippen LogP contribution in [0.5, 0.6) is 0 Å². The molecule has 0 aromatic heterocycles. The van der Waals surface area contributed by atoms with E-state index in [0.29, 0.717) is 19.8 Å². The minimum atomic E-state index is -0.227. The van der Waals surface area contributed by atoms with Gasteiger partial charge in [0.25, 0.3) is 0 Å². The second-order valence-electron chi connectivity index (χ2n) is 6.65. The highest BCUT2D eigenvalue weighted by atomic mass is 35.5. The molecule has 24 heavy (non-hydrogen) atoms. The quantitative estimate of drug-likeness (QED) is 0.853. The smallest absolute Gasteiger partial charge is 0.239 e. The molecule has 0 radical (unpaired) electrons. The molecule has 1 heterocycles. The largest absolute Gasteiger partial charge is 0.378 e. The van der Waals surface area contributed by atoms with E-state index in [4.69, 9.17) is 16.3 Å². The molecule has 1 atom stereocenters. The number of hydrogen-bond donors (Lipinski definition) is 2. The van der Waals surface area contributed by atoms with Crippen molar-refractivity contribution < 1.29 is 9.53 Å². The molecule has 1 unspecified atom stereocenters. The maximum atomic E-state index is 12.4. The summed E-state index contributed by atoms with van der Waals surface area (Å²) in [6, 6.07) is 7.90. The predicted octanol–water partition coefficient (Wildman–Crippen LogP) is 3.07. The Bertz CT molecular complexity index is 524. The van der Waals surface area contributed by atoms with E-state index in [-0.39, 0.29) is 29.8 Å². The number of amides is 1. The van der Waals surface area contributed by atoms with Gasteiger partial charge in [-0.05, 0) is 30.5 Å². The molecule has 1 aromatic carbocycles. The van der Waals surface area contributed by atoms with Gasteiger partial charge in [0.05, 0.1) is 13.2 Å². The van der Waals surface area contributed by atoms with E-state index in [2.05, 4.69) is 22.8 Å². The van der Waals surface area contributed by atoms with Crippen LogP contribution >= 0.6 is 24.0 Å². The van der Waals surface area contributed by atoms with Crippen LogP contribution in [-0.2, 0) is 14.9 Å². The molecule has 1 aromatic rings. The highest BCUT2D eigenvalue weighted by molar-refractivity contribution is 6.30. The Hall–Kier alpha value is -0.810. The lowest BCUT2D eigenvalue weighted by Gasteiger charge is -2.38. The maximum Gasteiger partial charge on any atom is 0.239 e. The molecule has 1 saturated carbocycles. The Kier molecular flexibility index (Phi) is 7.35. The standard InChI is InChI=1S/C18H25ClN2O2.ClH/c19-15-6-4-14(5-7-15)18(8-2-1-3-9-18)13-21-17(22)16-12-23-11-10-20-16;/h4-7,16,20H,1-3,8-13H2,(H,21,22);1H. The Balaban J connectivity index is 0.00000208. The van der Waals surface area contributed by atoms with E-state index in [1.165, 1.54) is 24.8 Å². The minimum Gasteiger partial charge on any atom is -0.378 e. The number of ether oxygens (including phenoxy) is 1. The average molecular weight is 373 g/mol. The number of benzene rings is 1. The Morgan fingerprint density at radius 2 is 1.96 bits per heavy atom. The molecule has 0 spiro atoms. The zero-order valence-corrected chi connectivity index (χ0v) is 15.4. The zero-order chi connectivity index (χ0) is 16.1. The second-order valence-corrected chi connectivity index (χ2v) is 7.08. The molecular formula is C18H26Cl2N2O2. The molecule has 1 amide bonds. The molecular weight excluding hydrogens is 347 g/mol. The van der Waals surface area contributed by atoms with Crippen LogP contribution in [0.1, 0.15) is 37.7 Å². The van der Waals surface area contributed by atoms with Gasteiger partial charge in [-0.15, -0.1) is 12.4 Å². The lowest BCUT2D eigenvalue weighted by atomic mass is 9.69. The van der Waals surface area contributed by atoms with Crippen molar-refractivity contribution in [1.29, 1.82) is 0 Å². The van der Waals surface area contributed by atoms with Gasteiger partial charge in [0.2, 0.25) is 5.91 Å². The van der Waals surface area contributed by atoms with Gasteiger partial charge < -0.3 is 15.4 Å². The van der Waals surface area contributed by atoms with E-state index >= 15 is 0 Å². The first-order valence-electron chi connectivity index (χ1n) is 8.55. The molecule has 1 aliphatic carbocycles. The Morgan fingerprint density at radius 1 is 1.25 bits per heavy atom. The van der Waals surface area contributed by atoms with Gasteiger partial charge in [-0.3, -0.25) is 4.79 Å². The van der Waals surface area contributed by atoms with E-state index in [1.54, 1.807) is 0 Å². The SMILES string of the molecule is Cl.O=C(NCC1(c2ccc(Cl)cc2)CCCCC1)C1COCCN1. The first-order chi connectivity index (χ1) is 11.2. The summed E-state index contributed by atoms with van der Waals surface area (Å²) in [6.07, 6.45) is 5.93. The van der Waals surface area contributed by atoms with E-state index in [1.807, 2.05) is 12.1 Å². The van der Waals surface area contributed by atoms with Crippen LogP contribution < -0.4 is 10.6 Å². The summed E-state index contributed by atoms with van der Waals surface area (Å²) >= 11 is 6.03. The van der Waals surface area contributed by atoms with Gasteiger partial charge in [0.1, 0.15) is 6.04 Å². The first kappa shape index (κ1) is 19.5. The third kappa shape index (κ3) is 4.63. The van der Waals surface area contributed by atoms with Crippen LogP contribution in [0.15, 0.2) is 24.3 Å². The number of halogens is 2. The molecule has 6 heteroatoms. The molecule has 1 aliphatic heterocycles. The number of morpholine rings is 1. The van der Waals surface area contributed by atoms with Crippen LogP contribution in [0.2, 0.25) is 5.02 Å².